The van der Waals surface area contributed by atoms with Gasteiger partial charge in [0, 0.05) is 58.9 Å². The fraction of sp³-hybridized carbons (Fsp3) is 0.333. The molecule has 0 bridgehead atoms. The van der Waals surface area contributed by atoms with E-state index in [0.29, 0.717) is 41.3 Å². The number of hydrogen-bond donors (Lipinski definition) is 2. The van der Waals surface area contributed by atoms with Crippen molar-refractivity contribution < 1.29 is 22.6 Å². The van der Waals surface area contributed by atoms with Gasteiger partial charge in [0.05, 0.1) is 24.1 Å². The molecule has 0 spiro atoms. The maximum Gasteiger partial charge on any atom is 0.416 e. The second-order valence-corrected chi connectivity index (χ2v) is 10.3. The van der Waals surface area contributed by atoms with E-state index in [4.69, 9.17) is 21.1 Å². The second kappa shape index (κ2) is 10.9. The van der Waals surface area contributed by atoms with Crippen LogP contribution in [0.3, 0.4) is 0 Å². The van der Waals surface area contributed by atoms with Crippen molar-refractivity contribution in [2.75, 3.05) is 37.9 Å². The monoisotopic (exact) mass is 601 g/mol. The number of nitrogens with one attached hydrogen (secondary N) is 2. The topological polar surface area (TPSA) is 107 Å². The summed E-state index contributed by atoms with van der Waals surface area (Å²) in [5.74, 6) is 1.48. The average molecular weight is 602 g/mol. The molecule has 0 radical (unpaired) electrons. The summed E-state index contributed by atoms with van der Waals surface area (Å²) >= 11 is 6.74. The Labute approximate surface area is 243 Å². The molecule has 4 aromatic heterocycles. The molecule has 15 heteroatoms. The van der Waals surface area contributed by atoms with Gasteiger partial charge in [0.25, 0.3) is 0 Å². The number of ether oxygens (including phenoxy) is 2. The number of pyridine rings is 1. The number of likely N-dealkylation sites (tertiary alicyclic amines) is 1. The van der Waals surface area contributed by atoms with Gasteiger partial charge in [-0.1, -0.05) is 17.7 Å². The van der Waals surface area contributed by atoms with E-state index in [-0.39, 0.29) is 40.6 Å². The van der Waals surface area contributed by atoms with Crippen LogP contribution in [-0.4, -0.2) is 67.4 Å². The minimum atomic E-state index is -4.53. The first-order valence-electron chi connectivity index (χ1n) is 13.1. The summed E-state index contributed by atoms with van der Waals surface area (Å²) in [5.41, 5.74) is 1.06. The lowest BCUT2D eigenvalue weighted by Gasteiger charge is -2.20. The van der Waals surface area contributed by atoms with E-state index in [9.17, 15) is 13.2 Å². The van der Waals surface area contributed by atoms with Gasteiger partial charge in [-0.3, -0.25) is 4.90 Å². The van der Waals surface area contributed by atoms with Crippen LogP contribution in [0, 0.1) is 0 Å². The van der Waals surface area contributed by atoms with Gasteiger partial charge in [-0.05, 0) is 24.1 Å². The van der Waals surface area contributed by atoms with Gasteiger partial charge in [0.2, 0.25) is 5.95 Å². The smallest absolute Gasteiger partial charge is 0.416 e. The molecule has 0 amide bonds. The molecule has 42 heavy (non-hydrogen) atoms. The number of aromatic nitrogens is 6. The Morgan fingerprint density at radius 1 is 1.14 bits per heavy atom. The van der Waals surface area contributed by atoms with Gasteiger partial charge < -0.3 is 24.7 Å². The molecule has 1 aromatic carbocycles. The van der Waals surface area contributed by atoms with E-state index < -0.39 is 11.7 Å². The summed E-state index contributed by atoms with van der Waals surface area (Å²) in [7, 11) is 5.04. The lowest BCUT2D eigenvalue weighted by atomic mass is 10.1. The number of hydrogen-bond acceptors (Lipinski definition) is 9. The molecular weight excluding hydrogens is 575 g/mol. The zero-order chi connectivity index (χ0) is 29.6. The lowest BCUT2D eigenvalue weighted by molar-refractivity contribution is -0.138. The first kappa shape index (κ1) is 28.0. The van der Waals surface area contributed by atoms with Crippen molar-refractivity contribution in [2.45, 2.75) is 25.2 Å². The van der Waals surface area contributed by atoms with Crippen molar-refractivity contribution in [3.05, 3.63) is 59.1 Å². The highest BCUT2D eigenvalue weighted by atomic mass is 35.5. The number of nitrogens with zero attached hydrogens (tertiary/aromatic N) is 7. The summed E-state index contributed by atoms with van der Waals surface area (Å²) in [6.07, 6.45) is 2.56. The fourth-order valence-electron chi connectivity index (χ4n) is 5.15. The van der Waals surface area contributed by atoms with E-state index in [1.807, 2.05) is 4.90 Å². The number of methoxy groups -OCH3 is 1. The quantitative estimate of drug-likeness (QED) is 0.239. The van der Waals surface area contributed by atoms with Crippen LogP contribution >= 0.6 is 11.6 Å². The van der Waals surface area contributed by atoms with Gasteiger partial charge in [-0.2, -0.15) is 23.3 Å². The molecule has 220 valence electrons. The number of imidazole rings is 1. The summed E-state index contributed by atoms with van der Waals surface area (Å²) in [5, 5.41) is 10.5. The molecule has 5 heterocycles. The summed E-state index contributed by atoms with van der Waals surface area (Å²) < 4.78 is 56.9. The molecule has 2 N–H and O–H groups in total. The fourth-order valence-corrected chi connectivity index (χ4v) is 5.45. The van der Waals surface area contributed by atoms with Crippen molar-refractivity contribution in [3.63, 3.8) is 0 Å². The molecule has 6 rings (SSSR count). The number of rotatable bonds is 8. The zero-order valence-electron chi connectivity index (χ0n) is 22.9. The minimum Gasteiger partial charge on any atom is -0.450 e. The normalized spacial score (nSPS) is 16.0. The Morgan fingerprint density at radius 2 is 1.98 bits per heavy atom. The van der Waals surface area contributed by atoms with Crippen molar-refractivity contribution >= 4 is 45.7 Å². The summed E-state index contributed by atoms with van der Waals surface area (Å²) in [4.78, 5) is 15.1. The molecule has 1 saturated heterocycles. The number of benzene rings is 1. The van der Waals surface area contributed by atoms with Crippen LogP contribution in [0.25, 0.3) is 16.7 Å². The van der Waals surface area contributed by atoms with E-state index in [0.717, 1.165) is 12.5 Å². The van der Waals surface area contributed by atoms with Crippen molar-refractivity contribution in [2.24, 2.45) is 7.05 Å². The molecule has 1 aliphatic rings. The van der Waals surface area contributed by atoms with Gasteiger partial charge in [-0.15, -0.1) is 0 Å². The highest BCUT2D eigenvalue weighted by Gasteiger charge is 2.35. The molecule has 1 aliphatic heterocycles. The van der Waals surface area contributed by atoms with E-state index >= 15 is 0 Å². The minimum absolute atomic E-state index is 0.0339. The molecular formula is C27H27ClF3N9O2. The van der Waals surface area contributed by atoms with Gasteiger partial charge in [0.1, 0.15) is 10.5 Å². The lowest BCUT2D eigenvalue weighted by Crippen LogP contribution is -2.24. The van der Waals surface area contributed by atoms with Crippen LogP contribution in [0.4, 0.5) is 30.6 Å². The third-order valence-electron chi connectivity index (χ3n) is 7.29. The number of aryl methyl sites for hydroxylation is 1. The maximum absolute atomic E-state index is 14.1. The molecule has 0 saturated carbocycles. The maximum atomic E-state index is 14.1. The SMILES string of the molecule is CNc1nccn2ncc(Oc3cnc4nc(Nc5ccc(CN6CC[C@H](OC)C6)c(C(F)(F)F)c5)n(C)c4c3Cl)c12. The highest BCUT2D eigenvalue weighted by molar-refractivity contribution is 6.36. The largest absolute Gasteiger partial charge is 0.450 e. The summed E-state index contributed by atoms with van der Waals surface area (Å²) in [6.45, 7) is 1.46. The van der Waals surface area contributed by atoms with Gasteiger partial charge in [-0.25, -0.2) is 14.5 Å². The Bertz CT molecular complexity index is 1770. The van der Waals surface area contributed by atoms with Gasteiger partial charge >= 0.3 is 6.18 Å². The number of anilines is 3. The summed E-state index contributed by atoms with van der Waals surface area (Å²) in [6, 6.07) is 4.20. The molecule has 0 aliphatic carbocycles. The zero-order valence-corrected chi connectivity index (χ0v) is 23.7. The molecule has 0 unspecified atom stereocenters. The molecule has 5 aromatic rings. The standard InChI is InChI=1S/C27H27ClF3N9O2/c1-32-24-22-20(12-35-40(22)9-7-33-24)42-19-11-34-25-23(21(19)28)38(2)26(37-25)36-16-5-4-15(18(10-16)27(29,30)31)13-39-8-6-17(14-39)41-3/h4-5,7,9-12,17H,6,8,13-14H2,1-3H3,(H,32,33)(H,34,36,37)/t17-/m0/s1. The van der Waals surface area contributed by atoms with Crippen molar-refractivity contribution in [1.29, 1.82) is 0 Å². The van der Waals surface area contributed by atoms with E-state index in [1.165, 1.54) is 18.5 Å². The van der Waals surface area contributed by atoms with Crippen molar-refractivity contribution in [1.82, 2.24) is 34.0 Å². The van der Waals surface area contributed by atoms with Crippen LogP contribution in [-0.2, 0) is 24.5 Å². The third kappa shape index (κ3) is 5.16. The first-order valence-corrected chi connectivity index (χ1v) is 13.4. The van der Waals surface area contributed by atoms with Crippen LogP contribution in [0.2, 0.25) is 5.02 Å². The van der Waals surface area contributed by atoms with E-state index in [1.54, 1.807) is 48.7 Å². The Balaban J connectivity index is 1.29. The van der Waals surface area contributed by atoms with Crippen LogP contribution in [0.1, 0.15) is 17.5 Å². The van der Waals surface area contributed by atoms with Crippen LogP contribution < -0.4 is 15.4 Å². The van der Waals surface area contributed by atoms with Gasteiger partial charge in [0.15, 0.2) is 28.5 Å². The predicted molar refractivity (Wildman–Crippen MR) is 152 cm³/mol. The average Bonchev–Trinajstić information content (AvgIpc) is 3.68. The predicted octanol–water partition coefficient (Wildman–Crippen LogP) is 5.48. The van der Waals surface area contributed by atoms with E-state index in [2.05, 4.69) is 30.7 Å². The third-order valence-corrected chi connectivity index (χ3v) is 7.65. The first-order chi connectivity index (χ1) is 20.2. The number of alkyl halides is 3. The Morgan fingerprint density at radius 3 is 2.71 bits per heavy atom. The van der Waals surface area contributed by atoms with Crippen LogP contribution in [0.15, 0.2) is 43.0 Å². The number of halogens is 4. The molecule has 11 nitrogen and oxygen atoms in total. The highest BCUT2D eigenvalue weighted by Crippen LogP contribution is 2.39. The second-order valence-electron chi connectivity index (χ2n) is 9.91. The molecule has 1 atom stereocenters. The Kier molecular flexibility index (Phi) is 7.29. The Hall–Kier alpha value is -4.14. The van der Waals surface area contributed by atoms with Crippen molar-refractivity contribution in [3.8, 4) is 11.5 Å². The van der Waals surface area contributed by atoms with Crippen LogP contribution in [0.5, 0.6) is 11.5 Å². The molecule has 1 fully saturated rings. The number of fused-ring (bicyclic) bond motifs is 2.